The number of hydrogen-bond donors (Lipinski definition) is 2. The molecule has 0 bridgehead atoms. The zero-order chi connectivity index (χ0) is 33.9. The van der Waals surface area contributed by atoms with E-state index in [0.717, 1.165) is 23.3 Å². The number of alkyl halides is 1. The fourth-order valence-corrected chi connectivity index (χ4v) is 8.38. The van der Waals surface area contributed by atoms with E-state index < -0.39 is 34.4 Å². The van der Waals surface area contributed by atoms with Crippen LogP contribution >= 0.6 is 11.3 Å². The van der Waals surface area contributed by atoms with E-state index in [2.05, 4.69) is 22.8 Å². The summed E-state index contributed by atoms with van der Waals surface area (Å²) < 4.78 is 32.7. The van der Waals surface area contributed by atoms with Gasteiger partial charge in [-0.25, -0.2) is 4.39 Å². The Morgan fingerprint density at radius 3 is 2.66 bits per heavy atom. The molecule has 1 unspecified atom stereocenters. The van der Waals surface area contributed by atoms with Gasteiger partial charge in [0.2, 0.25) is 23.5 Å². The topological polar surface area (TPSA) is 173 Å². The molecule has 5 heterocycles. The molecule has 0 aromatic carbocycles. The lowest BCUT2D eigenvalue weighted by Crippen LogP contribution is -2.52. The van der Waals surface area contributed by atoms with E-state index in [1.807, 2.05) is 44.5 Å². The summed E-state index contributed by atoms with van der Waals surface area (Å²) in [5.74, 6) is 0.735. The summed E-state index contributed by atoms with van der Waals surface area (Å²) in [6.07, 6.45) is 2.67. The summed E-state index contributed by atoms with van der Waals surface area (Å²) >= 11 is 1.43. The van der Waals surface area contributed by atoms with Gasteiger partial charge in [-0.1, -0.05) is 11.2 Å². The van der Waals surface area contributed by atoms with Crippen molar-refractivity contribution >= 4 is 22.3 Å². The second-order valence-corrected chi connectivity index (χ2v) is 15.3. The van der Waals surface area contributed by atoms with Crippen LogP contribution in [0.5, 0.6) is 6.01 Å². The number of nitrogens with zero attached hydrogens (tertiary/aromatic N) is 8. The van der Waals surface area contributed by atoms with Gasteiger partial charge in [0, 0.05) is 23.4 Å². The highest BCUT2D eigenvalue weighted by Crippen LogP contribution is 2.48. The van der Waals surface area contributed by atoms with Crippen LogP contribution in [-0.4, -0.2) is 97.4 Å². The van der Waals surface area contributed by atoms with Gasteiger partial charge in [0.05, 0.1) is 41.8 Å². The Morgan fingerprint density at radius 1 is 1.21 bits per heavy atom. The number of aromatic nitrogens is 5. The van der Waals surface area contributed by atoms with Gasteiger partial charge >= 0.3 is 6.01 Å². The van der Waals surface area contributed by atoms with Crippen molar-refractivity contribution in [1.82, 2.24) is 30.0 Å². The number of thiophene rings is 1. The highest BCUT2D eigenvalue weighted by atomic mass is 32.1. The van der Waals surface area contributed by atoms with Crippen molar-refractivity contribution in [3.05, 3.63) is 34.5 Å². The number of likely N-dealkylation sites (tertiary alicyclic amines) is 1. The second kappa shape index (κ2) is 11.8. The number of rotatable bonds is 7. The molecule has 47 heavy (non-hydrogen) atoms. The van der Waals surface area contributed by atoms with Gasteiger partial charge in [-0.2, -0.15) is 25.2 Å². The van der Waals surface area contributed by atoms with Gasteiger partial charge in [0.15, 0.2) is 0 Å². The number of anilines is 2. The fraction of sp³-hybridized carbons (Fsp3) is 0.625. The Balaban J connectivity index is 1.44. The van der Waals surface area contributed by atoms with E-state index in [1.54, 1.807) is 13.0 Å². The first-order valence-electron chi connectivity index (χ1n) is 15.8. The summed E-state index contributed by atoms with van der Waals surface area (Å²) in [5, 5.41) is 25.8. The fourth-order valence-electron chi connectivity index (χ4n) is 7.19. The lowest BCUT2D eigenvalue weighted by Gasteiger charge is -2.39. The lowest BCUT2D eigenvalue weighted by atomic mass is 9.72. The molecule has 0 amide bonds. The van der Waals surface area contributed by atoms with E-state index in [-0.39, 0.29) is 49.7 Å². The highest BCUT2D eigenvalue weighted by molar-refractivity contribution is 7.16. The van der Waals surface area contributed by atoms with E-state index in [4.69, 9.17) is 34.7 Å². The maximum atomic E-state index is 14.6. The van der Waals surface area contributed by atoms with Crippen molar-refractivity contribution in [2.45, 2.75) is 94.7 Å². The Morgan fingerprint density at radius 2 is 1.98 bits per heavy atom. The van der Waals surface area contributed by atoms with Crippen LogP contribution in [-0.2, 0) is 16.6 Å². The average molecular weight is 668 g/mol. The maximum Gasteiger partial charge on any atom is 0.322 e. The number of aryl methyl sites for hydroxylation is 1. The van der Waals surface area contributed by atoms with E-state index in [9.17, 15) is 14.8 Å². The minimum Gasteiger partial charge on any atom is -0.458 e. The standard InChI is InChI=1S/C32H42FN9O4S/c1-8-32(12-19(33)14-41(32)7)18(2)45-28-38-24(37-27(39-28)42-15-30(5,43)17-44-16-29(42,3)4)25-36-26(46-40-25)31(6)11-9-10-21-22(31)20(13-34)23(35)47-21/h8,18-19,43H,1,9-12,14-17,35H2,2-7H3/t18-,19+,30+,31-,32?/m0/s1. The van der Waals surface area contributed by atoms with Gasteiger partial charge in [-0.15, -0.1) is 17.9 Å². The number of likely N-dealkylation sites (N-methyl/N-ethyl adjacent to an activating group) is 1. The average Bonchev–Trinajstić information content (AvgIpc) is 3.69. The normalized spacial score (nSPS) is 29.9. The van der Waals surface area contributed by atoms with Crippen molar-refractivity contribution in [2.24, 2.45) is 0 Å². The second-order valence-electron chi connectivity index (χ2n) is 14.1. The highest BCUT2D eigenvalue weighted by Gasteiger charge is 2.48. The van der Waals surface area contributed by atoms with Crippen molar-refractivity contribution in [3.63, 3.8) is 0 Å². The van der Waals surface area contributed by atoms with Crippen molar-refractivity contribution in [1.29, 1.82) is 5.26 Å². The van der Waals surface area contributed by atoms with Crippen LogP contribution in [0.1, 0.15) is 75.8 Å². The van der Waals surface area contributed by atoms with Crippen molar-refractivity contribution in [3.8, 4) is 23.7 Å². The molecule has 0 radical (unpaired) electrons. The Kier molecular flexibility index (Phi) is 8.31. The largest absolute Gasteiger partial charge is 0.458 e. The minimum absolute atomic E-state index is 0.0232. The summed E-state index contributed by atoms with van der Waals surface area (Å²) in [7, 11) is 1.84. The zero-order valence-corrected chi connectivity index (χ0v) is 28.5. The molecule has 13 nitrogen and oxygen atoms in total. The molecule has 3 aromatic heterocycles. The number of hydrogen-bond acceptors (Lipinski definition) is 14. The molecule has 0 spiro atoms. The summed E-state index contributed by atoms with van der Waals surface area (Å²) in [4.78, 5) is 23.7. The van der Waals surface area contributed by atoms with E-state index in [1.165, 1.54) is 11.3 Å². The number of halogens is 1. The molecule has 2 saturated heterocycles. The Labute approximate surface area is 277 Å². The Hall–Kier alpha value is -3.71. The van der Waals surface area contributed by atoms with Crippen LogP contribution in [0.15, 0.2) is 17.2 Å². The monoisotopic (exact) mass is 667 g/mol. The van der Waals surface area contributed by atoms with Gasteiger partial charge in [-0.3, -0.25) is 4.90 Å². The van der Waals surface area contributed by atoms with Crippen molar-refractivity contribution in [2.75, 3.05) is 44.0 Å². The molecule has 15 heteroatoms. The molecule has 6 rings (SSSR count). The molecule has 252 valence electrons. The van der Waals surface area contributed by atoms with Crippen LogP contribution in [0.2, 0.25) is 0 Å². The summed E-state index contributed by atoms with van der Waals surface area (Å²) in [6, 6.07) is 2.25. The van der Waals surface area contributed by atoms with Gasteiger partial charge in [0.1, 0.15) is 28.9 Å². The molecular weight excluding hydrogens is 625 g/mol. The molecule has 2 fully saturated rings. The minimum atomic E-state index is -1.20. The first-order valence-corrected chi connectivity index (χ1v) is 16.6. The maximum absolute atomic E-state index is 14.6. The van der Waals surface area contributed by atoms with Gasteiger partial charge in [0.25, 0.3) is 0 Å². The Bertz CT molecular complexity index is 1720. The molecule has 2 aliphatic heterocycles. The van der Waals surface area contributed by atoms with Crippen LogP contribution in [0.3, 0.4) is 0 Å². The van der Waals surface area contributed by atoms with E-state index in [0.29, 0.717) is 29.5 Å². The van der Waals surface area contributed by atoms with Crippen LogP contribution in [0.25, 0.3) is 11.6 Å². The molecule has 3 N–H and O–H groups in total. The zero-order valence-electron chi connectivity index (χ0n) is 27.7. The number of nitriles is 1. The number of nitrogens with two attached hydrogens (primary N) is 1. The number of aliphatic hydroxyl groups is 1. The van der Waals surface area contributed by atoms with E-state index >= 15 is 0 Å². The molecule has 0 saturated carbocycles. The number of β-amino-alcohol motifs (C(OH)–C–C–N with tert-alkyl or cyclic N) is 1. The third kappa shape index (κ3) is 5.75. The third-order valence-electron chi connectivity index (χ3n) is 9.86. The van der Waals surface area contributed by atoms with Gasteiger partial charge in [-0.05, 0) is 60.9 Å². The van der Waals surface area contributed by atoms with Crippen LogP contribution in [0.4, 0.5) is 15.3 Å². The predicted molar refractivity (Wildman–Crippen MR) is 174 cm³/mol. The quantitative estimate of drug-likeness (QED) is 0.349. The van der Waals surface area contributed by atoms with Crippen LogP contribution < -0.4 is 15.4 Å². The van der Waals surface area contributed by atoms with Crippen LogP contribution in [0, 0.1) is 11.3 Å². The number of ether oxygens (including phenoxy) is 2. The van der Waals surface area contributed by atoms with Crippen molar-refractivity contribution < 1.29 is 23.5 Å². The molecular formula is C32H42FN9O4S. The van der Waals surface area contributed by atoms with Gasteiger partial charge < -0.3 is 29.7 Å². The molecule has 3 aliphatic rings. The SMILES string of the molecule is C=CC1([C@H](C)Oc2nc(-c3noc([C@@]4(C)CCCc5sc(N)c(C#N)c54)n3)nc(N3C[C@@](C)(O)COCC3(C)C)n2)C[C@@H](F)CN1C. The molecule has 1 aliphatic carbocycles. The molecule has 5 atom stereocenters. The first kappa shape index (κ1) is 33.2. The first-order chi connectivity index (χ1) is 22.1. The smallest absolute Gasteiger partial charge is 0.322 e. The summed E-state index contributed by atoms with van der Waals surface area (Å²) in [6.45, 7) is 14.3. The predicted octanol–water partition coefficient (Wildman–Crippen LogP) is 3.81. The number of fused-ring (bicyclic) bond motifs is 1. The molecule has 3 aromatic rings. The lowest BCUT2D eigenvalue weighted by molar-refractivity contribution is -0.0166. The third-order valence-corrected chi connectivity index (χ3v) is 10.9. The number of nitrogen functional groups attached to an aromatic ring is 1. The summed E-state index contributed by atoms with van der Waals surface area (Å²) in [5.41, 5.74) is 4.15.